The first-order valence-electron chi connectivity index (χ1n) is 8.71. The fourth-order valence-corrected chi connectivity index (χ4v) is 2.61. The Morgan fingerprint density at radius 1 is 1.29 bits per heavy atom. The number of nitrogens with one attached hydrogen (secondary N) is 2. The third-order valence-electron chi connectivity index (χ3n) is 4.05. The molecule has 6 nitrogen and oxygen atoms in total. The predicted molar refractivity (Wildman–Crippen MR) is 94.2 cm³/mol. The van der Waals surface area contributed by atoms with Gasteiger partial charge < -0.3 is 20.1 Å². The molecule has 1 fully saturated rings. The summed E-state index contributed by atoms with van der Waals surface area (Å²) in [5.74, 6) is 0.926. The van der Waals surface area contributed by atoms with Gasteiger partial charge in [0.1, 0.15) is 12.4 Å². The van der Waals surface area contributed by atoms with Crippen molar-refractivity contribution in [2.45, 2.75) is 19.4 Å². The van der Waals surface area contributed by atoms with Gasteiger partial charge in [-0.1, -0.05) is 18.2 Å². The van der Waals surface area contributed by atoms with Gasteiger partial charge >= 0.3 is 0 Å². The van der Waals surface area contributed by atoms with Crippen molar-refractivity contribution in [2.24, 2.45) is 0 Å². The quantitative estimate of drug-likeness (QED) is 0.625. The van der Waals surface area contributed by atoms with E-state index in [1.165, 1.54) is 0 Å². The van der Waals surface area contributed by atoms with Gasteiger partial charge in [0.25, 0.3) is 0 Å². The minimum atomic E-state index is 0.0772. The van der Waals surface area contributed by atoms with Crippen molar-refractivity contribution in [1.29, 1.82) is 0 Å². The van der Waals surface area contributed by atoms with Crippen molar-refractivity contribution >= 4 is 5.91 Å². The molecule has 1 aliphatic heterocycles. The monoisotopic (exact) mass is 335 g/mol. The van der Waals surface area contributed by atoms with E-state index in [1.807, 2.05) is 31.3 Å². The van der Waals surface area contributed by atoms with E-state index in [4.69, 9.17) is 9.47 Å². The molecule has 0 unspecified atom stereocenters. The van der Waals surface area contributed by atoms with Gasteiger partial charge in [-0.25, -0.2) is 0 Å². The zero-order valence-corrected chi connectivity index (χ0v) is 14.6. The number of amides is 1. The van der Waals surface area contributed by atoms with Crippen LogP contribution in [0.15, 0.2) is 24.3 Å². The van der Waals surface area contributed by atoms with E-state index < -0.39 is 0 Å². The Morgan fingerprint density at radius 2 is 2.08 bits per heavy atom. The molecular formula is C18H29N3O3. The maximum absolute atomic E-state index is 11.8. The highest BCUT2D eigenvalue weighted by atomic mass is 16.5. The summed E-state index contributed by atoms with van der Waals surface area (Å²) in [6.45, 7) is 6.44. The Labute approximate surface area is 144 Å². The van der Waals surface area contributed by atoms with Gasteiger partial charge in [-0.05, 0) is 26.1 Å². The van der Waals surface area contributed by atoms with Crippen LogP contribution in [0.25, 0.3) is 0 Å². The minimum Gasteiger partial charge on any atom is -0.492 e. The SMILES string of the molecule is CNCCCC(=O)NCc1ccccc1OCCN1CCOCC1. The molecule has 2 N–H and O–H groups in total. The second kappa shape index (κ2) is 11.0. The van der Waals surface area contributed by atoms with Gasteiger partial charge in [-0.3, -0.25) is 9.69 Å². The molecule has 1 amide bonds. The number of hydrogen-bond donors (Lipinski definition) is 2. The van der Waals surface area contributed by atoms with Gasteiger partial charge in [0.05, 0.1) is 13.2 Å². The first-order valence-corrected chi connectivity index (χ1v) is 8.71. The van der Waals surface area contributed by atoms with Crippen LogP contribution in [0.2, 0.25) is 0 Å². The topological polar surface area (TPSA) is 62.8 Å². The number of rotatable bonds is 10. The van der Waals surface area contributed by atoms with Gasteiger partial charge in [0, 0.05) is 38.2 Å². The molecule has 1 aromatic rings. The second-order valence-electron chi connectivity index (χ2n) is 5.89. The van der Waals surface area contributed by atoms with Crippen LogP contribution < -0.4 is 15.4 Å². The Morgan fingerprint density at radius 3 is 2.88 bits per heavy atom. The molecule has 0 atom stereocenters. The van der Waals surface area contributed by atoms with Crippen molar-refractivity contribution in [3.8, 4) is 5.75 Å². The lowest BCUT2D eigenvalue weighted by Crippen LogP contribution is -2.38. The van der Waals surface area contributed by atoms with Crippen LogP contribution >= 0.6 is 0 Å². The van der Waals surface area contributed by atoms with Crippen LogP contribution in [-0.2, 0) is 16.1 Å². The minimum absolute atomic E-state index is 0.0772. The number of para-hydroxylation sites is 1. The smallest absolute Gasteiger partial charge is 0.220 e. The summed E-state index contributed by atoms with van der Waals surface area (Å²) in [6.07, 6.45) is 1.39. The fourth-order valence-electron chi connectivity index (χ4n) is 2.61. The van der Waals surface area contributed by atoms with Gasteiger partial charge in [-0.15, -0.1) is 0 Å². The van der Waals surface area contributed by atoms with Gasteiger partial charge in [-0.2, -0.15) is 0 Å². The van der Waals surface area contributed by atoms with Crippen LogP contribution in [0.4, 0.5) is 0 Å². The summed E-state index contributed by atoms with van der Waals surface area (Å²) < 4.78 is 11.3. The number of carbonyl (C=O) groups is 1. The highest BCUT2D eigenvalue weighted by Crippen LogP contribution is 2.17. The average Bonchev–Trinajstić information content (AvgIpc) is 2.62. The lowest BCUT2D eigenvalue weighted by Gasteiger charge is -2.26. The Kier molecular flexibility index (Phi) is 8.59. The molecule has 0 aliphatic carbocycles. The van der Waals surface area contributed by atoms with Crippen molar-refractivity contribution < 1.29 is 14.3 Å². The average molecular weight is 335 g/mol. The molecule has 1 aliphatic rings. The summed E-state index contributed by atoms with van der Waals surface area (Å²) in [5, 5.41) is 6.01. The summed E-state index contributed by atoms with van der Waals surface area (Å²) >= 11 is 0. The molecule has 0 spiro atoms. The number of hydrogen-bond acceptors (Lipinski definition) is 5. The van der Waals surface area contributed by atoms with Crippen LogP contribution in [0, 0.1) is 0 Å². The van der Waals surface area contributed by atoms with Crippen LogP contribution in [0.3, 0.4) is 0 Å². The largest absolute Gasteiger partial charge is 0.492 e. The normalized spacial score (nSPS) is 15.2. The van der Waals surface area contributed by atoms with E-state index in [0.717, 1.165) is 57.1 Å². The number of nitrogens with zero attached hydrogens (tertiary/aromatic N) is 1. The van der Waals surface area contributed by atoms with Crippen molar-refractivity contribution in [2.75, 3.05) is 53.0 Å². The molecule has 1 saturated heterocycles. The van der Waals surface area contributed by atoms with Crippen molar-refractivity contribution in [3.63, 3.8) is 0 Å². The number of ether oxygens (including phenoxy) is 2. The van der Waals surface area contributed by atoms with E-state index in [-0.39, 0.29) is 5.91 Å². The molecule has 6 heteroatoms. The maximum atomic E-state index is 11.8. The van der Waals surface area contributed by atoms with E-state index in [9.17, 15) is 4.79 Å². The molecular weight excluding hydrogens is 306 g/mol. The van der Waals surface area contributed by atoms with Crippen molar-refractivity contribution in [3.05, 3.63) is 29.8 Å². The predicted octanol–water partition coefficient (Wildman–Crippen LogP) is 1.01. The Hall–Kier alpha value is -1.63. The van der Waals surface area contributed by atoms with E-state index in [1.54, 1.807) is 0 Å². The highest BCUT2D eigenvalue weighted by Gasteiger charge is 2.11. The molecule has 0 aromatic heterocycles. The lowest BCUT2D eigenvalue weighted by atomic mass is 10.2. The number of carbonyl (C=O) groups excluding carboxylic acids is 1. The molecule has 1 heterocycles. The fraction of sp³-hybridized carbons (Fsp3) is 0.611. The Balaban J connectivity index is 1.73. The summed E-state index contributed by atoms with van der Waals surface area (Å²) in [6, 6.07) is 7.89. The third-order valence-corrected chi connectivity index (χ3v) is 4.05. The lowest BCUT2D eigenvalue weighted by molar-refractivity contribution is -0.121. The van der Waals surface area contributed by atoms with E-state index in [2.05, 4.69) is 15.5 Å². The van der Waals surface area contributed by atoms with Gasteiger partial charge in [0.2, 0.25) is 5.91 Å². The zero-order valence-electron chi connectivity index (χ0n) is 14.6. The highest BCUT2D eigenvalue weighted by molar-refractivity contribution is 5.75. The van der Waals surface area contributed by atoms with Crippen molar-refractivity contribution in [1.82, 2.24) is 15.5 Å². The molecule has 134 valence electrons. The maximum Gasteiger partial charge on any atom is 0.220 e. The van der Waals surface area contributed by atoms with Crippen LogP contribution in [0.5, 0.6) is 5.75 Å². The first-order chi connectivity index (χ1) is 11.8. The number of benzene rings is 1. The molecule has 0 radical (unpaired) electrons. The van der Waals surface area contributed by atoms with E-state index >= 15 is 0 Å². The summed E-state index contributed by atoms with van der Waals surface area (Å²) in [7, 11) is 1.89. The standard InChI is InChI=1S/C18H29N3O3/c1-19-8-4-7-18(22)20-15-16-5-2-3-6-17(16)24-14-11-21-9-12-23-13-10-21/h2-3,5-6,19H,4,7-15H2,1H3,(H,20,22). The van der Waals surface area contributed by atoms with Crippen LogP contribution in [0.1, 0.15) is 18.4 Å². The molecule has 0 bridgehead atoms. The van der Waals surface area contributed by atoms with Gasteiger partial charge in [0.15, 0.2) is 0 Å². The molecule has 1 aromatic carbocycles. The second-order valence-corrected chi connectivity index (χ2v) is 5.89. The molecule has 2 rings (SSSR count). The first kappa shape index (κ1) is 18.7. The summed E-state index contributed by atoms with van der Waals surface area (Å²) in [5.41, 5.74) is 1.02. The van der Waals surface area contributed by atoms with E-state index in [0.29, 0.717) is 19.6 Å². The third kappa shape index (κ3) is 6.86. The number of morpholine rings is 1. The zero-order chi connectivity index (χ0) is 17.0. The van der Waals surface area contributed by atoms with Crippen LogP contribution in [-0.4, -0.2) is 63.9 Å². The molecule has 24 heavy (non-hydrogen) atoms. The summed E-state index contributed by atoms with van der Waals surface area (Å²) in [4.78, 5) is 14.2. The Bertz CT molecular complexity index is 490. The molecule has 0 saturated carbocycles.